The number of carbonyl (C=O) groups is 2. The summed E-state index contributed by atoms with van der Waals surface area (Å²) in [5.74, 6) is 1.33. The maximum atomic E-state index is 12.5. The third-order valence-electron chi connectivity index (χ3n) is 5.36. The van der Waals surface area contributed by atoms with E-state index in [-0.39, 0.29) is 18.4 Å². The smallest absolute Gasteiger partial charge is 0.260 e. The van der Waals surface area contributed by atoms with Crippen molar-refractivity contribution in [2.75, 3.05) is 32.8 Å². The van der Waals surface area contributed by atoms with Crippen molar-refractivity contribution < 1.29 is 14.3 Å². The molecule has 2 aromatic carbocycles. The van der Waals surface area contributed by atoms with Gasteiger partial charge >= 0.3 is 0 Å². The quantitative estimate of drug-likeness (QED) is 0.722. The predicted molar refractivity (Wildman–Crippen MR) is 114 cm³/mol. The molecule has 0 aromatic heterocycles. The van der Waals surface area contributed by atoms with Gasteiger partial charge in [0.2, 0.25) is 5.91 Å². The maximum Gasteiger partial charge on any atom is 0.260 e. The monoisotopic (exact) mass is 394 g/mol. The van der Waals surface area contributed by atoms with Crippen LogP contribution in [0.15, 0.2) is 54.6 Å². The van der Waals surface area contributed by atoms with Crippen LogP contribution in [-0.4, -0.2) is 54.4 Å². The summed E-state index contributed by atoms with van der Waals surface area (Å²) in [5.41, 5.74) is 2.51. The zero-order valence-electron chi connectivity index (χ0n) is 17.3. The summed E-state index contributed by atoms with van der Waals surface area (Å²) in [6.45, 7) is 6.68. The highest BCUT2D eigenvalue weighted by molar-refractivity contribution is 5.79. The standard InChI is InChI=1S/C24H30N2O3/c1-19(2)21-11-8-20(9-12-21)10-13-23(27)25-14-16-26(17-15-25)24(28)18-29-22-6-4-3-5-7-22/h3-9,11-12,19H,10,13-18H2,1-2H3. The normalized spacial score (nSPS) is 14.2. The van der Waals surface area contributed by atoms with Crippen molar-refractivity contribution in [2.45, 2.75) is 32.6 Å². The highest BCUT2D eigenvalue weighted by atomic mass is 16.5. The van der Waals surface area contributed by atoms with E-state index in [1.165, 1.54) is 11.1 Å². The molecular weight excluding hydrogens is 364 g/mol. The highest BCUT2D eigenvalue weighted by Crippen LogP contribution is 2.16. The molecule has 5 nitrogen and oxygen atoms in total. The fraction of sp³-hybridized carbons (Fsp3) is 0.417. The van der Waals surface area contributed by atoms with E-state index in [9.17, 15) is 9.59 Å². The van der Waals surface area contributed by atoms with Crippen molar-refractivity contribution in [1.29, 1.82) is 0 Å². The first-order valence-electron chi connectivity index (χ1n) is 10.3. The van der Waals surface area contributed by atoms with E-state index >= 15 is 0 Å². The van der Waals surface area contributed by atoms with Crippen LogP contribution in [0.1, 0.15) is 37.3 Å². The average molecular weight is 395 g/mol. The van der Waals surface area contributed by atoms with Crippen LogP contribution in [-0.2, 0) is 16.0 Å². The molecule has 2 aromatic rings. The molecule has 29 heavy (non-hydrogen) atoms. The zero-order chi connectivity index (χ0) is 20.6. The molecule has 0 saturated carbocycles. The minimum atomic E-state index is -0.0359. The van der Waals surface area contributed by atoms with Crippen molar-refractivity contribution in [3.8, 4) is 5.75 Å². The number of carbonyl (C=O) groups excluding carboxylic acids is 2. The van der Waals surface area contributed by atoms with E-state index < -0.39 is 0 Å². The Labute approximate surface area is 173 Å². The Morgan fingerprint density at radius 3 is 2.03 bits per heavy atom. The molecule has 0 N–H and O–H groups in total. The van der Waals surface area contributed by atoms with Crippen LogP contribution < -0.4 is 4.74 Å². The molecule has 0 unspecified atom stereocenters. The summed E-state index contributed by atoms with van der Waals surface area (Å²) >= 11 is 0. The second-order valence-electron chi connectivity index (χ2n) is 7.76. The van der Waals surface area contributed by atoms with E-state index in [0.29, 0.717) is 44.3 Å². The minimum Gasteiger partial charge on any atom is -0.484 e. The fourth-order valence-electron chi connectivity index (χ4n) is 3.44. The van der Waals surface area contributed by atoms with Gasteiger partial charge in [0.15, 0.2) is 6.61 Å². The first-order valence-corrected chi connectivity index (χ1v) is 10.3. The molecule has 0 radical (unpaired) electrons. The molecule has 5 heteroatoms. The Morgan fingerprint density at radius 1 is 0.862 bits per heavy atom. The topological polar surface area (TPSA) is 49.9 Å². The summed E-state index contributed by atoms with van der Waals surface area (Å²) in [4.78, 5) is 28.5. The third kappa shape index (κ3) is 6.08. The van der Waals surface area contributed by atoms with Gasteiger partial charge in [-0.05, 0) is 35.6 Å². The molecule has 1 saturated heterocycles. The van der Waals surface area contributed by atoms with Crippen LogP contribution in [0.2, 0.25) is 0 Å². The lowest BCUT2D eigenvalue weighted by molar-refractivity contribution is -0.140. The highest BCUT2D eigenvalue weighted by Gasteiger charge is 2.24. The summed E-state index contributed by atoms with van der Waals surface area (Å²) in [6, 6.07) is 17.9. The third-order valence-corrected chi connectivity index (χ3v) is 5.36. The number of hydrogen-bond acceptors (Lipinski definition) is 3. The lowest BCUT2D eigenvalue weighted by Crippen LogP contribution is -2.51. The Kier molecular flexibility index (Phi) is 7.28. The second-order valence-corrected chi connectivity index (χ2v) is 7.76. The van der Waals surface area contributed by atoms with Crippen molar-refractivity contribution in [1.82, 2.24) is 9.80 Å². The predicted octanol–water partition coefficient (Wildman–Crippen LogP) is 3.49. The van der Waals surface area contributed by atoms with Gasteiger partial charge in [-0.1, -0.05) is 56.3 Å². The van der Waals surface area contributed by atoms with E-state index in [0.717, 1.165) is 6.42 Å². The van der Waals surface area contributed by atoms with Crippen LogP contribution >= 0.6 is 0 Å². The molecule has 3 rings (SSSR count). The molecule has 1 aliphatic heterocycles. The number of amides is 2. The largest absolute Gasteiger partial charge is 0.484 e. The van der Waals surface area contributed by atoms with Gasteiger partial charge in [0.05, 0.1) is 0 Å². The number of hydrogen-bond donors (Lipinski definition) is 0. The molecule has 1 heterocycles. The molecular formula is C24H30N2O3. The van der Waals surface area contributed by atoms with Crippen molar-refractivity contribution >= 4 is 11.8 Å². The van der Waals surface area contributed by atoms with E-state index in [1.807, 2.05) is 35.2 Å². The number of rotatable bonds is 7. The van der Waals surface area contributed by atoms with Gasteiger partial charge in [0, 0.05) is 32.6 Å². The van der Waals surface area contributed by atoms with Gasteiger partial charge in [-0.25, -0.2) is 0 Å². The molecule has 1 fully saturated rings. The molecule has 0 spiro atoms. The number of nitrogens with zero attached hydrogens (tertiary/aromatic N) is 2. The SMILES string of the molecule is CC(C)c1ccc(CCC(=O)N2CCN(C(=O)COc3ccccc3)CC2)cc1. The van der Waals surface area contributed by atoms with Crippen LogP contribution in [0.25, 0.3) is 0 Å². The van der Waals surface area contributed by atoms with Crippen LogP contribution in [0.5, 0.6) is 5.75 Å². The van der Waals surface area contributed by atoms with Gasteiger partial charge < -0.3 is 14.5 Å². The number of aryl methyl sites for hydroxylation is 1. The summed E-state index contributed by atoms with van der Waals surface area (Å²) < 4.78 is 5.53. The van der Waals surface area contributed by atoms with Gasteiger partial charge in [-0.2, -0.15) is 0 Å². The lowest BCUT2D eigenvalue weighted by atomic mass is 10.00. The molecule has 0 bridgehead atoms. The van der Waals surface area contributed by atoms with Crippen LogP contribution in [0, 0.1) is 0 Å². The molecule has 1 aliphatic rings. The molecule has 2 amide bonds. The summed E-state index contributed by atoms with van der Waals surface area (Å²) in [7, 11) is 0. The van der Waals surface area contributed by atoms with E-state index in [2.05, 4.69) is 38.1 Å². The number of ether oxygens (including phenoxy) is 1. The van der Waals surface area contributed by atoms with Gasteiger partial charge in [-0.15, -0.1) is 0 Å². The molecule has 154 valence electrons. The van der Waals surface area contributed by atoms with E-state index in [1.54, 1.807) is 4.90 Å². The van der Waals surface area contributed by atoms with E-state index in [4.69, 9.17) is 4.74 Å². The Hall–Kier alpha value is -2.82. The second kappa shape index (κ2) is 10.1. The maximum absolute atomic E-state index is 12.5. The Balaban J connectivity index is 1.39. The zero-order valence-corrected chi connectivity index (χ0v) is 17.3. The lowest BCUT2D eigenvalue weighted by Gasteiger charge is -2.34. The number of piperazine rings is 1. The summed E-state index contributed by atoms with van der Waals surface area (Å²) in [5, 5.41) is 0. The minimum absolute atomic E-state index is 0.0321. The van der Waals surface area contributed by atoms with Crippen molar-refractivity contribution in [3.63, 3.8) is 0 Å². The van der Waals surface area contributed by atoms with Gasteiger partial charge in [0.1, 0.15) is 5.75 Å². The van der Waals surface area contributed by atoms with Crippen molar-refractivity contribution in [2.24, 2.45) is 0 Å². The van der Waals surface area contributed by atoms with Gasteiger partial charge in [-0.3, -0.25) is 9.59 Å². The van der Waals surface area contributed by atoms with Crippen LogP contribution in [0.4, 0.5) is 0 Å². The molecule has 0 atom stereocenters. The average Bonchev–Trinajstić information content (AvgIpc) is 2.77. The molecule has 0 aliphatic carbocycles. The first kappa shape index (κ1) is 20.9. The number of benzene rings is 2. The fourth-order valence-corrected chi connectivity index (χ4v) is 3.44. The van der Waals surface area contributed by atoms with Crippen molar-refractivity contribution in [3.05, 3.63) is 65.7 Å². The van der Waals surface area contributed by atoms with Crippen LogP contribution in [0.3, 0.4) is 0 Å². The summed E-state index contributed by atoms with van der Waals surface area (Å²) in [6.07, 6.45) is 1.26. The Bertz CT molecular complexity index is 795. The Morgan fingerprint density at radius 2 is 1.45 bits per heavy atom. The van der Waals surface area contributed by atoms with Gasteiger partial charge in [0.25, 0.3) is 5.91 Å². The first-order chi connectivity index (χ1) is 14.0. The number of para-hydroxylation sites is 1.